The first-order chi connectivity index (χ1) is 11.6. The minimum atomic E-state index is 0.0643. The summed E-state index contributed by atoms with van der Waals surface area (Å²) in [7, 11) is 0. The van der Waals surface area contributed by atoms with Gasteiger partial charge < -0.3 is 14.4 Å². The summed E-state index contributed by atoms with van der Waals surface area (Å²) in [5.41, 5.74) is 1.70. The molecule has 0 saturated heterocycles. The monoisotopic (exact) mass is 345 g/mol. The molecule has 0 unspecified atom stereocenters. The number of hydrogen-bond acceptors (Lipinski definition) is 4. The number of fused-ring (bicyclic) bond motifs is 1. The average molecular weight is 346 g/mol. The molecule has 0 atom stereocenters. The molecule has 0 bridgehead atoms. The average Bonchev–Trinajstić information content (AvgIpc) is 2.60. The Morgan fingerprint density at radius 1 is 1.25 bits per heavy atom. The molecule has 0 aliphatic carbocycles. The van der Waals surface area contributed by atoms with Crippen LogP contribution < -0.4 is 14.4 Å². The van der Waals surface area contributed by atoms with Crippen molar-refractivity contribution in [1.29, 1.82) is 0 Å². The fraction of sp³-hybridized carbons (Fsp3) is 0.316. The van der Waals surface area contributed by atoms with E-state index < -0.39 is 0 Å². The molecule has 4 nitrogen and oxygen atoms in total. The molecule has 0 spiro atoms. The number of carbonyl (C=O) groups is 1. The second-order valence-corrected chi connectivity index (χ2v) is 6.17. The summed E-state index contributed by atoms with van der Waals surface area (Å²) in [6.45, 7) is 4.53. The van der Waals surface area contributed by atoms with E-state index in [9.17, 15) is 4.79 Å². The molecule has 1 heterocycles. The summed E-state index contributed by atoms with van der Waals surface area (Å²) >= 11 is 5.86. The molecule has 0 aromatic heterocycles. The third-order valence-corrected chi connectivity index (χ3v) is 4.23. The second kappa shape index (κ2) is 7.58. The number of halogens is 1. The van der Waals surface area contributed by atoms with Gasteiger partial charge in [-0.15, -0.1) is 0 Å². The highest BCUT2D eigenvalue weighted by Crippen LogP contribution is 2.32. The van der Waals surface area contributed by atoms with Crippen LogP contribution in [0.15, 0.2) is 42.5 Å². The van der Waals surface area contributed by atoms with Crippen molar-refractivity contribution in [3.05, 3.63) is 53.1 Å². The highest BCUT2D eigenvalue weighted by molar-refractivity contribution is 6.30. The van der Waals surface area contributed by atoms with Crippen LogP contribution in [0.3, 0.4) is 0 Å². The van der Waals surface area contributed by atoms with Crippen molar-refractivity contribution in [2.75, 3.05) is 31.2 Å². The van der Waals surface area contributed by atoms with Crippen LogP contribution in [0.2, 0.25) is 5.02 Å². The summed E-state index contributed by atoms with van der Waals surface area (Å²) in [5, 5.41) is 0.702. The van der Waals surface area contributed by atoms with Gasteiger partial charge in [0.05, 0.1) is 18.8 Å². The largest absolute Gasteiger partial charge is 0.494 e. The molecule has 2 aromatic rings. The Labute approximate surface area is 146 Å². The van der Waals surface area contributed by atoms with E-state index in [1.165, 1.54) is 0 Å². The molecule has 2 aromatic carbocycles. The smallest absolute Gasteiger partial charge is 0.159 e. The Kier molecular flexibility index (Phi) is 5.26. The van der Waals surface area contributed by atoms with Gasteiger partial charge >= 0.3 is 0 Å². The Balaban J connectivity index is 1.57. The standard InChI is InChI=1S/C19H20ClNO3/c1-14(22)15-3-8-19-18(13-15)21(10-12-24-19)9-2-11-23-17-6-4-16(20)5-7-17/h3-8,13H,2,9-12H2,1H3. The maximum absolute atomic E-state index is 11.6. The molecule has 0 amide bonds. The van der Waals surface area contributed by atoms with Gasteiger partial charge in [-0.05, 0) is 55.8 Å². The number of anilines is 1. The van der Waals surface area contributed by atoms with Gasteiger partial charge in [0.15, 0.2) is 5.78 Å². The van der Waals surface area contributed by atoms with Crippen molar-refractivity contribution in [3.8, 4) is 11.5 Å². The number of benzene rings is 2. The van der Waals surface area contributed by atoms with Crippen LogP contribution >= 0.6 is 11.6 Å². The normalized spacial score (nSPS) is 13.2. The lowest BCUT2D eigenvalue weighted by Crippen LogP contribution is -2.34. The number of Topliss-reactive ketones (excluding diaryl/α,β-unsaturated/α-hetero) is 1. The van der Waals surface area contributed by atoms with Gasteiger partial charge in [0.2, 0.25) is 0 Å². The molecule has 0 radical (unpaired) electrons. The van der Waals surface area contributed by atoms with E-state index in [4.69, 9.17) is 21.1 Å². The molecule has 3 rings (SSSR count). The third kappa shape index (κ3) is 4.01. The molecule has 0 saturated carbocycles. The quantitative estimate of drug-likeness (QED) is 0.580. The van der Waals surface area contributed by atoms with Crippen molar-refractivity contribution in [3.63, 3.8) is 0 Å². The van der Waals surface area contributed by atoms with Crippen LogP contribution in [0.1, 0.15) is 23.7 Å². The zero-order valence-electron chi connectivity index (χ0n) is 13.6. The van der Waals surface area contributed by atoms with Crippen LogP contribution in [0.4, 0.5) is 5.69 Å². The molecule has 0 fully saturated rings. The Morgan fingerprint density at radius 2 is 2.04 bits per heavy atom. The van der Waals surface area contributed by atoms with E-state index in [-0.39, 0.29) is 5.78 Å². The zero-order valence-corrected chi connectivity index (χ0v) is 14.4. The van der Waals surface area contributed by atoms with Crippen LogP contribution in [0.5, 0.6) is 11.5 Å². The zero-order chi connectivity index (χ0) is 16.9. The van der Waals surface area contributed by atoms with E-state index in [0.29, 0.717) is 23.8 Å². The number of nitrogens with zero attached hydrogens (tertiary/aromatic N) is 1. The van der Waals surface area contributed by atoms with Crippen LogP contribution in [0, 0.1) is 0 Å². The second-order valence-electron chi connectivity index (χ2n) is 5.73. The predicted octanol–water partition coefficient (Wildman–Crippen LogP) is 4.21. The lowest BCUT2D eigenvalue weighted by atomic mass is 10.1. The Bertz CT molecular complexity index is 715. The van der Waals surface area contributed by atoms with Crippen molar-refractivity contribution >= 4 is 23.1 Å². The van der Waals surface area contributed by atoms with Gasteiger partial charge in [-0.3, -0.25) is 4.79 Å². The van der Waals surface area contributed by atoms with E-state index in [0.717, 1.165) is 36.7 Å². The van der Waals surface area contributed by atoms with Crippen molar-refractivity contribution < 1.29 is 14.3 Å². The lowest BCUT2D eigenvalue weighted by Gasteiger charge is -2.31. The highest BCUT2D eigenvalue weighted by atomic mass is 35.5. The number of rotatable bonds is 6. The number of carbonyl (C=O) groups excluding carboxylic acids is 1. The topological polar surface area (TPSA) is 38.8 Å². The molecule has 24 heavy (non-hydrogen) atoms. The third-order valence-electron chi connectivity index (χ3n) is 3.98. The maximum Gasteiger partial charge on any atom is 0.159 e. The molecule has 5 heteroatoms. The summed E-state index contributed by atoms with van der Waals surface area (Å²) in [6, 6.07) is 13.0. The first-order valence-corrected chi connectivity index (χ1v) is 8.42. The fourth-order valence-electron chi connectivity index (χ4n) is 2.70. The molecular weight excluding hydrogens is 326 g/mol. The minimum Gasteiger partial charge on any atom is -0.494 e. The summed E-state index contributed by atoms with van der Waals surface area (Å²) in [4.78, 5) is 13.8. The SMILES string of the molecule is CC(=O)c1ccc2c(c1)N(CCCOc1ccc(Cl)cc1)CCO2. The van der Waals surface area contributed by atoms with Crippen LogP contribution in [-0.2, 0) is 0 Å². The molecule has 1 aliphatic rings. The van der Waals surface area contributed by atoms with Gasteiger partial charge in [-0.1, -0.05) is 11.6 Å². The first kappa shape index (κ1) is 16.7. The highest BCUT2D eigenvalue weighted by Gasteiger charge is 2.19. The van der Waals surface area contributed by atoms with Gasteiger partial charge in [0.25, 0.3) is 0 Å². The maximum atomic E-state index is 11.6. The Hall–Kier alpha value is -2.20. The molecule has 0 N–H and O–H groups in total. The van der Waals surface area contributed by atoms with E-state index in [1.807, 2.05) is 42.5 Å². The number of ketones is 1. The summed E-state index contributed by atoms with van der Waals surface area (Å²) in [6.07, 6.45) is 0.881. The number of hydrogen-bond donors (Lipinski definition) is 0. The van der Waals surface area contributed by atoms with Crippen molar-refractivity contribution in [2.24, 2.45) is 0 Å². The lowest BCUT2D eigenvalue weighted by molar-refractivity contribution is 0.101. The number of ether oxygens (including phenoxy) is 2. The van der Waals surface area contributed by atoms with Crippen molar-refractivity contribution in [2.45, 2.75) is 13.3 Å². The Morgan fingerprint density at radius 3 is 2.79 bits per heavy atom. The predicted molar refractivity (Wildman–Crippen MR) is 95.7 cm³/mol. The van der Waals surface area contributed by atoms with E-state index in [1.54, 1.807) is 6.92 Å². The van der Waals surface area contributed by atoms with Gasteiger partial charge in [0, 0.05) is 17.1 Å². The van der Waals surface area contributed by atoms with Gasteiger partial charge in [-0.25, -0.2) is 0 Å². The van der Waals surface area contributed by atoms with E-state index in [2.05, 4.69) is 4.90 Å². The van der Waals surface area contributed by atoms with Gasteiger partial charge in [0.1, 0.15) is 18.1 Å². The van der Waals surface area contributed by atoms with Crippen LogP contribution in [0.25, 0.3) is 0 Å². The molecule has 126 valence electrons. The minimum absolute atomic E-state index is 0.0643. The van der Waals surface area contributed by atoms with Crippen LogP contribution in [-0.4, -0.2) is 32.1 Å². The van der Waals surface area contributed by atoms with E-state index >= 15 is 0 Å². The van der Waals surface area contributed by atoms with Gasteiger partial charge in [-0.2, -0.15) is 0 Å². The molecular formula is C19H20ClNO3. The summed E-state index contributed by atoms with van der Waals surface area (Å²) in [5.74, 6) is 1.72. The fourth-order valence-corrected chi connectivity index (χ4v) is 2.83. The molecule has 1 aliphatic heterocycles. The first-order valence-electron chi connectivity index (χ1n) is 8.04. The van der Waals surface area contributed by atoms with Crippen molar-refractivity contribution in [1.82, 2.24) is 0 Å². The summed E-state index contributed by atoms with van der Waals surface area (Å²) < 4.78 is 11.4.